The van der Waals surface area contributed by atoms with E-state index in [1.807, 2.05) is 0 Å². The smallest absolute Gasteiger partial charge is 0.264 e. The minimum absolute atomic E-state index is 0.00940. The predicted molar refractivity (Wildman–Crippen MR) is 61.7 cm³/mol. The highest BCUT2D eigenvalue weighted by Gasteiger charge is 2.11. The van der Waals surface area contributed by atoms with Crippen LogP contribution in [0.25, 0.3) is 0 Å². The Morgan fingerprint density at radius 1 is 1.24 bits per heavy atom. The maximum Gasteiger partial charge on any atom is 0.264 e. The molecule has 5 nitrogen and oxygen atoms in total. The monoisotopic (exact) mass is 258 g/mol. The quantitative estimate of drug-likeness (QED) is 0.765. The van der Waals surface area contributed by atoms with Crippen molar-refractivity contribution in [2.75, 3.05) is 19.5 Å². The first-order valence-corrected chi connectivity index (χ1v) is 7.09. The SMILES string of the molecule is CS(=O)(=O)OCc1ccc2c(c1)OCCCO2. The molecule has 0 spiro atoms. The molecule has 1 aliphatic heterocycles. The Bertz CT molecular complexity index is 495. The molecule has 0 atom stereocenters. The average Bonchev–Trinajstić information content (AvgIpc) is 2.49. The molecular formula is C11H14O5S. The van der Waals surface area contributed by atoms with Crippen LogP contribution in [0.3, 0.4) is 0 Å². The van der Waals surface area contributed by atoms with Crippen molar-refractivity contribution in [3.63, 3.8) is 0 Å². The standard InChI is InChI=1S/C11H14O5S/c1-17(12,13)16-8-9-3-4-10-11(7-9)15-6-2-5-14-10/h3-4,7H,2,5-6,8H2,1H3. The largest absolute Gasteiger partial charge is 0.490 e. The van der Waals surface area contributed by atoms with Gasteiger partial charge in [-0.05, 0) is 17.7 Å². The second kappa shape index (κ2) is 4.93. The van der Waals surface area contributed by atoms with Gasteiger partial charge in [0.15, 0.2) is 11.5 Å². The molecule has 0 unspecified atom stereocenters. The molecule has 0 fully saturated rings. The number of fused-ring (bicyclic) bond motifs is 1. The molecule has 6 heteroatoms. The van der Waals surface area contributed by atoms with Gasteiger partial charge in [-0.3, -0.25) is 4.18 Å². The molecule has 1 heterocycles. The fourth-order valence-electron chi connectivity index (χ4n) is 1.47. The summed E-state index contributed by atoms with van der Waals surface area (Å²) >= 11 is 0. The molecular weight excluding hydrogens is 244 g/mol. The summed E-state index contributed by atoms with van der Waals surface area (Å²) in [5, 5.41) is 0. The lowest BCUT2D eigenvalue weighted by Crippen LogP contribution is -2.03. The van der Waals surface area contributed by atoms with Crippen molar-refractivity contribution in [1.82, 2.24) is 0 Å². The van der Waals surface area contributed by atoms with Gasteiger partial charge in [-0.15, -0.1) is 0 Å². The maximum absolute atomic E-state index is 10.9. The van der Waals surface area contributed by atoms with Gasteiger partial charge >= 0.3 is 0 Å². The van der Waals surface area contributed by atoms with Gasteiger partial charge in [-0.1, -0.05) is 6.07 Å². The van der Waals surface area contributed by atoms with Crippen molar-refractivity contribution in [2.45, 2.75) is 13.0 Å². The van der Waals surface area contributed by atoms with E-state index in [0.29, 0.717) is 24.7 Å². The Balaban J connectivity index is 2.12. The van der Waals surface area contributed by atoms with E-state index < -0.39 is 10.1 Å². The van der Waals surface area contributed by atoms with Gasteiger partial charge in [0, 0.05) is 6.42 Å². The highest BCUT2D eigenvalue weighted by Crippen LogP contribution is 2.30. The third kappa shape index (κ3) is 3.61. The first kappa shape index (κ1) is 12.2. The minimum atomic E-state index is -3.42. The first-order chi connectivity index (χ1) is 8.04. The van der Waals surface area contributed by atoms with Gasteiger partial charge in [0.25, 0.3) is 10.1 Å². The van der Waals surface area contributed by atoms with Gasteiger partial charge < -0.3 is 9.47 Å². The molecule has 1 aromatic rings. The molecule has 0 N–H and O–H groups in total. The van der Waals surface area contributed by atoms with Crippen LogP contribution in [-0.4, -0.2) is 27.9 Å². The highest BCUT2D eigenvalue weighted by atomic mass is 32.2. The van der Waals surface area contributed by atoms with Gasteiger partial charge in [-0.2, -0.15) is 8.42 Å². The first-order valence-electron chi connectivity index (χ1n) is 5.27. The normalized spacial score (nSPS) is 15.4. The van der Waals surface area contributed by atoms with Crippen LogP contribution in [0.15, 0.2) is 18.2 Å². The molecule has 2 rings (SSSR count). The predicted octanol–water partition coefficient (Wildman–Crippen LogP) is 1.32. The van der Waals surface area contributed by atoms with Crippen LogP contribution < -0.4 is 9.47 Å². The molecule has 94 valence electrons. The molecule has 0 saturated carbocycles. The lowest BCUT2D eigenvalue weighted by atomic mass is 10.2. The van der Waals surface area contributed by atoms with Gasteiger partial charge in [0.05, 0.1) is 26.1 Å². The van der Waals surface area contributed by atoms with Gasteiger partial charge in [-0.25, -0.2) is 0 Å². The third-order valence-electron chi connectivity index (χ3n) is 2.25. The fourth-order valence-corrected chi connectivity index (χ4v) is 1.82. The Labute approximate surface area is 100 Å². The Morgan fingerprint density at radius 3 is 2.65 bits per heavy atom. The number of ether oxygens (including phenoxy) is 2. The molecule has 0 amide bonds. The van der Waals surface area contributed by atoms with E-state index in [1.54, 1.807) is 18.2 Å². The van der Waals surface area contributed by atoms with Crippen molar-refractivity contribution < 1.29 is 22.1 Å². The summed E-state index contributed by atoms with van der Waals surface area (Å²) in [5.74, 6) is 1.32. The van der Waals surface area contributed by atoms with Crippen molar-refractivity contribution in [2.24, 2.45) is 0 Å². The van der Waals surface area contributed by atoms with Crippen molar-refractivity contribution in [3.8, 4) is 11.5 Å². The van der Waals surface area contributed by atoms with Crippen LogP contribution in [0.4, 0.5) is 0 Å². The zero-order chi connectivity index (χ0) is 12.3. The van der Waals surface area contributed by atoms with Crippen molar-refractivity contribution >= 4 is 10.1 Å². The van der Waals surface area contributed by atoms with Crippen molar-refractivity contribution in [1.29, 1.82) is 0 Å². The van der Waals surface area contributed by atoms with Crippen LogP contribution in [0, 0.1) is 0 Å². The highest BCUT2D eigenvalue weighted by molar-refractivity contribution is 7.85. The lowest BCUT2D eigenvalue weighted by Gasteiger charge is -2.09. The lowest BCUT2D eigenvalue weighted by molar-refractivity contribution is 0.296. The van der Waals surface area contributed by atoms with E-state index in [4.69, 9.17) is 13.7 Å². The van der Waals surface area contributed by atoms with E-state index in [1.165, 1.54) is 0 Å². The Hall–Kier alpha value is -1.27. The summed E-state index contributed by atoms with van der Waals surface area (Å²) in [7, 11) is -3.42. The summed E-state index contributed by atoms with van der Waals surface area (Å²) in [5.41, 5.74) is 0.736. The molecule has 17 heavy (non-hydrogen) atoms. The van der Waals surface area contributed by atoms with E-state index >= 15 is 0 Å². The van der Waals surface area contributed by atoms with E-state index in [-0.39, 0.29) is 6.61 Å². The van der Waals surface area contributed by atoms with E-state index in [0.717, 1.165) is 18.2 Å². The number of hydrogen-bond donors (Lipinski definition) is 0. The molecule has 0 bridgehead atoms. The second-order valence-electron chi connectivity index (χ2n) is 3.80. The second-order valence-corrected chi connectivity index (χ2v) is 5.44. The van der Waals surface area contributed by atoms with Gasteiger partial charge in [0.2, 0.25) is 0 Å². The molecule has 0 saturated heterocycles. The summed E-state index contributed by atoms with van der Waals surface area (Å²) in [6, 6.07) is 5.27. The summed E-state index contributed by atoms with van der Waals surface area (Å²) in [6.45, 7) is 1.24. The summed E-state index contributed by atoms with van der Waals surface area (Å²) in [4.78, 5) is 0. The van der Waals surface area contributed by atoms with E-state index in [2.05, 4.69) is 0 Å². The molecule has 0 aliphatic carbocycles. The topological polar surface area (TPSA) is 61.8 Å². The van der Waals surface area contributed by atoms with Crippen LogP contribution in [-0.2, 0) is 20.9 Å². The Morgan fingerprint density at radius 2 is 1.94 bits per heavy atom. The minimum Gasteiger partial charge on any atom is -0.490 e. The van der Waals surface area contributed by atoms with Crippen molar-refractivity contribution in [3.05, 3.63) is 23.8 Å². The Kier molecular flexibility index (Phi) is 3.54. The van der Waals surface area contributed by atoms with Crippen LogP contribution in [0.2, 0.25) is 0 Å². The number of rotatable bonds is 3. The summed E-state index contributed by atoms with van der Waals surface area (Å²) < 4.78 is 37.4. The molecule has 1 aliphatic rings. The van der Waals surface area contributed by atoms with Gasteiger partial charge in [0.1, 0.15) is 0 Å². The number of benzene rings is 1. The average molecular weight is 258 g/mol. The van der Waals surface area contributed by atoms with Crippen LogP contribution in [0.1, 0.15) is 12.0 Å². The number of hydrogen-bond acceptors (Lipinski definition) is 5. The molecule has 1 aromatic carbocycles. The third-order valence-corrected chi connectivity index (χ3v) is 2.80. The van der Waals surface area contributed by atoms with E-state index in [9.17, 15) is 8.42 Å². The zero-order valence-electron chi connectivity index (χ0n) is 9.51. The molecule has 0 aromatic heterocycles. The fraction of sp³-hybridized carbons (Fsp3) is 0.455. The van der Waals surface area contributed by atoms with Crippen LogP contribution in [0.5, 0.6) is 11.5 Å². The van der Waals surface area contributed by atoms with Crippen LogP contribution >= 0.6 is 0 Å². The summed E-state index contributed by atoms with van der Waals surface area (Å²) in [6.07, 6.45) is 1.86. The zero-order valence-corrected chi connectivity index (χ0v) is 10.3. The molecule has 0 radical (unpaired) electrons. The maximum atomic E-state index is 10.9.